The second-order valence-corrected chi connectivity index (χ2v) is 7.80. The van der Waals surface area contributed by atoms with E-state index in [1.807, 2.05) is 47.0 Å². The highest BCUT2D eigenvalue weighted by molar-refractivity contribution is 7.99. The summed E-state index contributed by atoms with van der Waals surface area (Å²) < 4.78 is 5.95. The van der Waals surface area contributed by atoms with Gasteiger partial charge in [-0.05, 0) is 29.7 Å². The van der Waals surface area contributed by atoms with Crippen molar-refractivity contribution < 1.29 is 9.53 Å². The van der Waals surface area contributed by atoms with Crippen molar-refractivity contribution in [1.82, 2.24) is 4.90 Å². The number of benzene rings is 2. The molecule has 138 valence electrons. The Bertz CT molecular complexity index is 704. The van der Waals surface area contributed by atoms with E-state index < -0.39 is 0 Å². The molecule has 1 atom stereocenters. The van der Waals surface area contributed by atoms with Crippen molar-refractivity contribution in [2.24, 2.45) is 0 Å². The van der Waals surface area contributed by atoms with Crippen molar-refractivity contribution in [3.05, 3.63) is 65.7 Å². The largest absolute Gasteiger partial charge is 0.489 e. The average molecular weight is 370 g/mol. The average Bonchev–Trinajstić information content (AvgIpc) is 3.18. The summed E-state index contributed by atoms with van der Waals surface area (Å²) in [5.41, 5.74) is 2.31. The van der Waals surface area contributed by atoms with Gasteiger partial charge in [-0.1, -0.05) is 62.2 Å². The van der Waals surface area contributed by atoms with Crippen LogP contribution in [0.1, 0.15) is 49.1 Å². The number of amides is 1. The van der Waals surface area contributed by atoms with Crippen LogP contribution in [0.15, 0.2) is 54.6 Å². The van der Waals surface area contributed by atoms with Gasteiger partial charge in [-0.3, -0.25) is 4.79 Å². The molecule has 2 aromatic rings. The summed E-state index contributed by atoms with van der Waals surface area (Å²) in [6.45, 7) is 3.57. The topological polar surface area (TPSA) is 29.5 Å². The number of unbranched alkanes of at least 4 members (excludes halogenated alkanes) is 2. The Balaban J connectivity index is 1.63. The molecule has 26 heavy (non-hydrogen) atoms. The van der Waals surface area contributed by atoms with E-state index in [0.29, 0.717) is 13.0 Å². The SMILES string of the molecule is CCCCCC(=O)N1CCS[C@H]1c1cccc(OCc2ccccc2)c1. The van der Waals surface area contributed by atoms with Gasteiger partial charge in [0.25, 0.3) is 0 Å². The van der Waals surface area contributed by atoms with Crippen LogP contribution in [0, 0.1) is 0 Å². The summed E-state index contributed by atoms with van der Waals surface area (Å²) in [6.07, 6.45) is 3.92. The second-order valence-electron chi connectivity index (χ2n) is 6.61. The van der Waals surface area contributed by atoms with E-state index in [2.05, 4.69) is 31.2 Å². The zero-order chi connectivity index (χ0) is 18.2. The Morgan fingerprint density at radius 2 is 2.00 bits per heavy atom. The van der Waals surface area contributed by atoms with Gasteiger partial charge in [-0.2, -0.15) is 0 Å². The van der Waals surface area contributed by atoms with E-state index in [4.69, 9.17) is 4.74 Å². The Labute approximate surface area is 160 Å². The van der Waals surface area contributed by atoms with Crippen molar-refractivity contribution in [3.8, 4) is 5.75 Å². The highest BCUT2D eigenvalue weighted by atomic mass is 32.2. The van der Waals surface area contributed by atoms with E-state index in [-0.39, 0.29) is 11.3 Å². The molecule has 1 heterocycles. The summed E-state index contributed by atoms with van der Waals surface area (Å²) in [5, 5.41) is 0.115. The smallest absolute Gasteiger partial charge is 0.223 e. The van der Waals surface area contributed by atoms with E-state index >= 15 is 0 Å². The third kappa shape index (κ3) is 5.04. The monoisotopic (exact) mass is 369 g/mol. The van der Waals surface area contributed by atoms with Crippen LogP contribution in [-0.4, -0.2) is 23.1 Å². The van der Waals surface area contributed by atoms with Gasteiger partial charge < -0.3 is 9.64 Å². The quantitative estimate of drug-likeness (QED) is 0.582. The van der Waals surface area contributed by atoms with Crippen LogP contribution in [0.5, 0.6) is 5.75 Å². The molecule has 0 aromatic heterocycles. The maximum atomic E-state index is 12.6. The van der Waals surface area contributed by atoms with Gasteiger partial charge in [0.2, 0.25) is 5.91 Å². The van der Waals surface area contributed by atoms with E-state index in [1.165, 1.54) is 0 Å². The van der Waals surface area contributed by atoms with Crippen LogP contribution >= 0.6 is 11.8 Å². The van der Waals surface area contributed by atoms with Crippen LogP contribution in [0.4, 0.5) is 0 Å². The number of carbonyl (C=O) groups excluding carboxylic acids is 1. The molecule has 4 heteroatoms. The van der Waals surface area contributed by atoms with Crippen LogP contribution in [0.25, 0.3) is 0 Å². The maximum absolute atomic E-state index is 12.6. The first-order valence-corrected chi connectivity index (χ1v) is 10.5. The molecule has 1 aliphatic heterocycles. The minimum Gasteiger partial charge on any atom is -0.489 e. The molecule has 0 aliphatic carbocycles. The van der Waals surface area contributed by atoms with E-state index in [1.54, 1.807) is 0 Å². The Kier molecular flexibility index (Phi) is 7.01. The Hall–Kier alpha value is -1.94. The highest BCUT2D eigenvalue weighted by Gasteiger charge is 2.30. The van der Waals surface area contributed by atoms with Crippen molar-refractivity contribution in [3.63, 3.8) is 0 Å². The fourth-order valence-corrected chi connectivity index (χ4v) is 4.44. The summed E-state index contributed by atoms with van der Waals surface area (Å²) in [6, 6.07) is 18.4. The highest BCUT2D eigenvalue weighted by Crippen LogP contribution is 2.39. The molecule has 0 spiro atoms. The zero-order valence-electron chi connectivity index (χ0n) is 15.4. The van der Waals surface area contributed by atoms with Crippen molar-refractivity contribution >= 4 is 17.7 Å². The summed E-state index contributed by atoms with van der Waals surface area (Å²) in [7, 11) is 0. The van der Waals surface area contributed by atoms with E-state index in [0.717, 1.165) is 48.4 Å². The molecule has 1 amide bonds. The van der Waals surface area contributed by atoms with Crippen molar-refractivity contribution in [2.45, 2.75) is 44.6 Å². The standard InChI is InChI=1S/C22H27NO2S/c1-2-3-5-13-21(24)23-14-15-26-22(23)19-11-8-12-20(16-19)25-17-18-9-6-4-7-10-18/h4,6-12,16,22H,2-3,5,13-15,17H2,1H3/t22-/m0/s1. The lowest BCUT2D eigenvalue weighted by molar-refractivity contribution is -0.131. The molecule has 0 N–H and O–H groups in total. The van der Waals surface area contributed by atoms with Gasteiger partial charge in [-0.15, -0.1) is 11.8 Å². The maximum Gasteiger partial charge on any atom is 0.223 e. The fourth-order valence-electron chi connectivity index (χ4n) is 3.17. The third-order valence-electron chi connectivity index (χ3n) is 4.60. The second kappa shape index (κ2) is 9.67. The molecule has 0 saturated carbocycles. The fraction of sp³-hybridized carbons (Fsp3) is 0.409. The number of thioether (sulfide) groups is 1. The van der Waals surface area contributed by atoms with Gasteiger partial charge >= 0.3 is 0 Å². The van der Waals surface area contributed by atoms with Gasteiger partial charge in [0.05, 0.1) is 0 Å². The Morgan fingerprint density at radius 1 is 1.15 bits per heavy atom. The molecule has 2 aromatic carbocycles. The van der Waals surface area contributed by atoms with Gasteiger partial charge in [0.15, 0.2) is 0 Å². The molecule has 0 radical (unpaired) electrons. The minimum absolute atomic E-state index is 0.115. The summed E-state index contributed by atoms with van der Waals surface area (Å²) in [4.78, 5) is 14.6. The molecule has 1 fully saturated rings. The van der Waals surface area contributed by atoms with Crippen LogP contribution in [-0.2, 0) is 11.4 Å². The minimum atomic E-state index is 0.115. The van der Waals surface area contributed by atoms with Gasteiger partial charge in [0.1, 0.15) is 17.7 Å². The summed E-state index contributed by atoms with van der Waals surface area (Å²) >= 11 is 1.84. The van der Waals surface area contributed by atoms with Crippen molar-refractivity contribution in [2.75, 3.05) is 12.3 Å². The molecule has 3 rings (SSSR count). The third-order valence-corrected chi connectivity index (χ3v) is 5.86. The molecule has 1 aliphatic rings. The number of hydrogen-bond acceptors (Lipinski definition) is 3. The molecule has 0 bridgehead atoms. The predicted molar refractivity (Wildman–Crippen MR) is 108 cm³/mol. The van der Waals surface area contributed by atoms with Crippen LogP contribution in [0.3, 0.4) is 0 Å². The first kappa shape index (κ1) is 18.8. The van der Waals surface area contributed by atoms with Crippen molar-refractivity contribution in [1.29, 1.82) is 0 Å². The lowest BCUT2D eigenvalue weighted by Crippen LogP contribution is -2.30. The molecule has 3 nitrogen and oxygen atoms in total. The molecular weight excluding hydrogens is 342 g/mol. The first-order valence-electron chi connectivity index (χ1n) is 9.45. The molecular formula is C22H27NO2S. The normalized spacial score (nSPS) is 16.7. The van der Waals surface area contributed by atoms with Crippen LogP contribution in [0.2, 0.25) is 0 Å². The number of nitrogens with zero attached hydrogens (tertiary/aromatic N) is 1. The number of carbonyl (C=O) groups is 1. The van der Waals surface area contributed by atoms with Crippen LogP contribution < -0.4 is 4.74 Å². The van der Waals surface area contributed by atoms with Gasteiger partial charge in [0, 0.05) is 18.7 Å². The van der Waals surface area contributed by atoms with E-state index in [9.17, 15) is 4.79 Å². The first-order chi connectivity index (χ1) is 12.8. The predicted octanol–water partition coefficient (Wildman–Crippen LogP) is 5.42. The number of ether oxygens (including phenoxy) is 1. The molecule has 0 unspecified atom stereocenters. The number of rotatable bonds is 8. The number of hydrogen-bond donors (Lipinski definition) is 0. The van der Waals surface area contributed by atoms with Gasteiger partial charge in [-0.25, -0.2) is 0 Å². The Morgan fingerprint density at radius 3 is 2.81 bits per heavy atom. The lowest BCUT2D eigenvalue weighted by Gasteiger charge is -2.24. The zero-order valence-corrected chi connectivity index (χ0v) is 16.2. The summed E-state index contributed by atoms with van der Waals surface area (Å²) in [5.74, 6) is 2.14. The lowest BCUT2D eigenvalue weighted by atomic mass is 10.1. The molecule has 1 saturated heterocycles.